The smallest absolute Gasteiger partial charge is 0.347 e. The molecule has 1 heterocycles. The van der Waals surface area contributed by atoms with Crippen LogP contribution in [0, 0.1) is 0 Å². The van der Waals surface area contributed by atoms with Crippen LogP contribution in [0.25, 0.3) is 0 Å². The number of hydrogen-bond donors (Lipinski definition) is 1. The van der Waals surface area contributed by atoms with Crippen molar-refractivity contribution in [2.24, 2.45) is 0 Å². The van der Waals surface area contributed by atoms with E-state index in [4.69, 9.17) is 4.74 Å². The number of sulfonamides is 1. The third kappa shape index (κ3) is 2.97. The van der Waals surface area contributed by atoms with E-state index in [1.165, 1.54) is 31.3 Å². The van der Waals surface area contributed by atoms with Crippen molar-refractivity contribution >= 4 is 22.0 Å². The van der Waals surface area contributed by atoms with Gasteiger partial charge in [0.05, 0.1) is 17.1 Å². The van der Waals surface area contributed by atoms with E-state index in [1.807, 2.05) is 0 Å². The summed E-state index contributed by atoms with van der Waals surface area (Å²) in [6, 6.07) is 5.38. The molecule has 2 rings (SSSR count). The summed E-state index contributed by atoms with van der Waals surface area (Å²) in [6.07, 6.45) is -0.619. The zero-order valence-corrected chi connectivity index (χ0v) is 11.5. The van der Waals surface area contributed by atoms with E-state index >= 15 is 0 Å². The van der Waals surface area contributed by atoms with Gasteiger partial charge in [-0.2, -0.15) is 0 Å². The Morgan fingerprint density at radius 2 is 2.20 bits per heavy atom. The molecule has 0 aromatic heterocycles. The van der Waals surface area contributed by atoms with Crippen LogP contribution in [0.5, 0.6) is 0 Å². The van der Waals surface area contributed by atoms with Crippen molar-refractivity contribution in [3.63, 3.8) is 0 Å². The molecule has 1 aliphatic heterocycles. The van der Waals surface area contributed by atoms with Gasteiger partial charge in [-0.05, 0) is 25.2 Å². The number of nitrogens with one attached hydrogen (secondary N) is 1. The Hall–Kier alpha value is -1.93. The van der Waals surface area contributed by atoms with Crippen molar-refractivity contribution in [2.75, 3.05) is 13.7 Å². The lowest BCUT2D eigenvalue weighted by atomic mass is 10.2. The molecule has 0 spiro atoms. The average molecular weight is 299 g/mol. The topological polar surface area (TPSA) is 98.8 Å². The van der Waals surface area contributed by atoms with Gasteiger partial charge in [-0.25, -0.2) is 22.7 Å². The van der Waals surface area contributed by atoms with Crippen molar-refractivity contribution in [1.29, 1.82) is 0 Å². The number of ether oxygens (including phenoxy) is 2. The zero-order chi connectivity index (χ0) is 14.8. The molecule has 1 aromatic rings. The van der Waals surface area contributed by atoms with Gasteiger partial charge in [0.25, 0.3) is 0 Å². The minimum atomic E-state index is -3.64. The maximum atomic E-state index is 11.9. The molecular weight excluding hydrogens is 286 g/mol. The fourth-order valence-corrected chi connectivity index (χ4v) is 2.47. The Morgan fingerprint density at radius 3 is 2.80 bits per heavy atom. The van der Waals surface area contributed by atoms with Crippen molar-refractivity contribution in [3.05, 3.63) is 29.8 Å². The summed E-state index contributed by atoms with van der Waals surface area (Å²) in [6.45, 7) is 0.213. The predicted octanol–water partition coefficient (Wildman–Crippen LogP) is 0.0670. The lowest BCUT2D eigenvalue weighted by Crippen LogP contribution is -2.23. The summed E-state index contributed by atoms with van der Waals surface area (Å²) >= 11 is 0. The molecule has 1 aromatic carbocycles. The summed E-state index contributed by atoms with van der Waals surface area (Å²) in [5.74, 6) is -1.35. The Labute approximate surface area is 115 Å². The number of hydrogen-bond acceptors (Lipinski definition) is 6. The first-order valence-electron chi connectivity index (χ1n) is 5.85. The number of esters is 2. The fourth-order valence-electron chi connectivity index (χ4n) is 1.69. The van der Waals surface area contributed by atoms with E-state index in [0.717, 1.165) is 0 Å². The van der Waals surface area contributed by atoms with Crippen LogP contribution < -0.4 is 4.72 Å². The van der Waals surface area contributed by atoms with Gasteiger partial charge in [-0.1, -0.05) is 6.07 Å². The largest absolute Gasteiger partial charge is 0.463 e. The molecular formula is C12H13NO6S. The summed E-state index contributed by atoms with van der Waals surface area (Å²) in [4.78, 5) is 23.0. The second-order valence-corrected chi connectivity index (χ2v) is 5.97. The lowest BCUT2D eigenvalue weighted by molar-refractivity contribution is -0.145. The summed E-state index contributed by atoms with van der Waals surface area (Å²) in [5.41, 5.74) is 0.0565. The first-order valence-corrected chi connectivity index (χ1v) is 7.33. The molecule has 0 saturated carbocycles. The predicted molar refractivity (Wildman–Crippen MR) is 67.5 cm³/mol. The van der Waals surface area contributed by atoms with Crippen LogP contribution >= 0.6 is 0 Å². The van der Waals surface area contributed by atoms with Crippen LogP contribution in [0.2, 0.25) is 0 Å². The third-order valence-electron chi connectivity index (χ3n) is 2.79. The van der Waals surface area contributed by atoms with E-state index in [1.54, 1.807) is 0 Å². The molecule has 108 valence electrons. The lowest BCUT2D eigenvalue weighted by Gasteiger charge is -2.09. The van der Waals surface area contributed by atoms with Gasteiger partial charge in [-0.15, -0.1) is 0 Å². The molecule has 0 radical (unpaired) electrons. The van der Waals surface area contributed by atoms with Gasteiger partial charge in [0.15, 0.2) is 0 Å². The highest BCUT2D eigenvalue weighted by molar-refractivity contribution is 7.89. The second kappa shape index (κ2) is 5.59. The van der Waals surface area contributed by atoms with Gasteiger partial charge in [0.1, 0.15) is 0 Å². The molecule has 1 atom stereocenters. The molecule has 1 aliphatic rings. The first-order chi connectivity index (χ1) is 9.44. The van der Waals surface area contributed by atoms with Gasteiger partial charge in [0.2, 0.25) is 16.1 Å². The Balaban J connectivity index is 2.19. The first kappa shape index (κ1) is 14.5. The molecule has 20 heavy (non-hydrogen) atoms. The van der Waals surface area contributed by atoms with Crippen molar-refractivity contribution < 1.29 is 27.5 Å². The van der Waals surface area contributed by atoms with Crippen LogP contribution in [0.3, 0.4) is 0 Å². The number of rotatable bonds is 4. The van der Waals surface area contributed by atoms with Gasteiger partial charge < -0.3 is 9.47 Å². The number of cyclic esters (lactones) is 1. The minimum absolute atomic E-state index is 0.0524. The normalized spacial score (nSPS) is 18.6. The highest BCUT2D eigenvalue weighted by Gasteiger charge is 2.30. The van der Waals surface area contributed by atoms with Crippen LogP contribution in [0.1, 0.15) is 16.8 Å². The van der Waals surface area contributed by atoms with Crippen LogP contribution in [0.4, 0.5) is 0 Å². The standard InChI is InChI=1S/C12H13NO6S/c1-13-20(16,17)9-4-2-3-8(7-9)11(14)19-10-5-6-18-12(10)15/h2-4,7,10,13H,5-6H2,1H3/t10-/m0/s1. The van der Waals surface area contributed by atoms with Gasteiger partial charge in [-0.3, -0.25) is 0 Å². The summed E-state index contributed by atoms with van der Waals surface area (Å²) in [5, 5.41) is 0. The van der Waals surface area contributed by atoms with E-state index in [-0.39, 0.29) is 17.1 Å². The monoisotopic (exact) mass is 299 g/mol. The second-order valence-electron chi connectivity index (χ2n) is 4.09. The van der Waals surface area contributed by atoms with Crippen LogP contribution in [0.15, 0.2) is 29.2 Å². The Morgan fingerprint density at radius 1 is 1.45 bits per heavy atom. The maximum absolute atomic E-state index is 11.9. The molecule has 1 N–H and O–H groups in total. The van der Waals surface area contributed by atoms with E-state index < -0.39 is 28.1 Å². The molecule has 0 bridgehead atoms. The number of carbonyl (C=O) groups is 2. The average Bonchev–Trinajstić information content (AvgIpc) is 2.84. The summed E-state index contributed by atoms with van der Waals surface area (Å²) < 4.78 is 35.1. The highest BCUT2D eigenvalue weighted by atomic mass is 32.2. The Bertz CT molecular complexity index is 639. The third-order valence-corrected chi connectivity index (χ3v) is 4.20. The zero-order valence-electron chi connectivity index (χ0n) is 10.7. The van der Waals surface area contributed by atoms with Gasteiger partial charge in [0, 0.05) is 6.42 Å². The summed E-state index contributed by atoms with van der Waals surface area (Å²) in [7, 11) is -2.37. The van der Waals surface area contributed by atoms with Gasteiger partial charge >= 0.3 is 11.9 Å². The quantitative estimate of drug-likeness (QED) is 0.790. The molecule has 0 aliphatic carbocycles. The molecule has 0 amide bonds. The van der Waals surface area contributed by atoms with Crippen molar-refractivity contribution in [2.45, 2.75) is 17.4 Å². The minimum Gasteiger partial charge on any atom is -0.463 e. The maximum Gasteiger partial charge on any atom is 0.347 e. The SMILES string of the molecule is CNS(=O)(=O)c1cccc(C(=O)O[C@H]2CCOC2=O)c1. The Kier molecular flexibility index (Phi) is 4.05. The van der Waals surface area contributed by atoms with Crippen molar-refractivity contribution in [1.82, 2.24) is 4.72 Å². The van der Waals surface area contributed by atoms with E-state index in [0.29, 0.717) is 6.42 Å². The molecule has 0 unspecified atom stereocenters. The fraction of sp³-hybridized carbons (Fsp3) is 0.333. The molecule has 8 heteroatoms. The number of carbonyl (C=O) groups excluding carboxylic acids is 2. The molecule has 7 nitrogen and oxygen atoms in total. The molecule has 1 fully saturated rings. The van der Waals surface area contributed by atoms with Crippen LogP contribution in [-0.2, 0) is 24.3 Å². The number of benzene rings is 1. The van der Waals surface area contributed by atoms with E-state index in [2.05, 4.69) is 9.46 Å². The van der Waals surface area contributed by atoms with Crippen molar-refractivity contribution in [3.8, 4) is 0 Å². The van der Waals surface area contributed by atoms with Crippen LogP contribution in [-0.4, -0.2) is 40.1 Å². The molecule has 1 saturated heterocycles. The highest BCUT2D eigenvalue weighted by Crippen LogP contribution is 2.16. The van der Waals surface area contributed by atoms with E-state index in [9.17, 15) is 18.0 Å².